The summed E-state index contributed by atoms with van der Waals surface area (Å²) in [7, 11) is 1.83. The predicted molar refractivity (Wildman–Crippen MR) is 55.1 cm³/mol. The van der Waals surface area contributed by atoms with Gasteiger partial charge < -0.3 is 9.67 Å². The number of carbonyl (C=O) groups excluding carboxylic acids is 1. The summed E-state index contributed by atoms with van der Waals surface area (Å²) in [5, 5.41) is 9.60. The van der Waals surface area contributed by atoms with Crippen molar-refractivity contribution in [1.82, 2.24) is 9.55 Å². The van der Waals surface area contributed by atoms with E-state index in [1.54, 1.807) is 17.7 Å². The topological polar surface area (TPSA) is 55.1 Å². The summed E-state index contributed by atoms with van der Waals surface area (Å²) in [4.78, 5) is 15.2. The minimum absolute atomic E-state index is 0.0293. The van der Waals surface area contributed by atoms with Gasteiger partial charge in [-0.15, -0.1) is 0 Å². The smallest absolute Gasteiger partial charge is 0.168 e. The third-order valence-corrected chi connectivity index (χ3v) is 3.33. The molecule has 1 aromatic rings. The molecule has 1 atom stereocenters. The quantitative estimate of drug-likeness (QED) is 0.759. The van der Waals surface area contributed by atoms with Crippen LogP contribution < -0.4 is 0 Å². The Labute approximate surface area is 87.3 Å². The van der Waals surface area contributed by atoms with Gasteiger partial charge >= 0.3 is 0 Å². The molecule has 4 nitrogen and oxygen atoms in total. The number of aliphatic hydroxyl groups is 1. The normalized spacial score (nSPS) is 12.9. The molecule has 0 aliphatic rings. The fourth-order valence-electron chi connectivity index (χ4n) is 0.923. The standard InChI is InChI=1S/C9H14N2O2S/c1-6(13)7(2)14-9-10-4-8(5-12)11(9)3/h4,7,12H,5H2,1-3H3. The van der Waals surface area contributed by atoms with Gasteiger partial charge in [0.25, 0.3) is 0 Å². The van der Waals surface area contributed by atoms with Crippen LogP contribution in [0.1, 0.15) is 19.5 Å². The molecule has 14 heavy (non-hydrogen) atoms. The maximum Gasteiger partial charge on any atom is 0.168 e. The Morgan fingerprint density at radius 3 is 2.86 bits per heavy atom. The highest BCUT2D eigenvalue weighted by Gasteiger charge is 2.13. The van der Waals surface area contributed by atoms with E-state index in [0.29, 0.717) is 0 Å². The number of ketones is 1. The van der Waals surface area contributed by atoms with Gasteiger partial charge in [-0.05, 0) is 13.8 Å². The Balaban J connectivity index is 2.77. The van der Waals surface area contributed by atoms with Crippen LogP contribution in [-0.2, 0) is 18.4 Å². The Hall–Kier alpha value is -0.810. The van der Waals surface area contributed by atoms with E-state index in [-0.39, 0.29) is 17.6 Å². The molecule has 0 aliphatic carbocycles. The maximum atomic E-state index is 11.0. The number of thioether (sulfide) groups is 1. The number of hydrogen-bond acceptors (Lipinski definition) is 4. The largest absolute Gasteiger partial charge is 0.390 e. The molecule has 0 amide bonds. The average molecular weight is 214 g/mol. The molecule has 0 saturated heterocycles. The molecule has 0 spiro atoms. The van der Waals surface area contributed by atoms with Crippen LogP contribution in [0.5, 0.6) is 0 Å². The van der Waals surface area contributed by atoms with E-state index >= 15 is 0 Å². The minimum atomic E-state index is -0.0948. The lowest BCUT2D eigenvalue weighted by Crippen LogP contribution is -2.09. The third-order valence-electron chi connectivity index (χ3n) is 2.06. The first-order valence-electron chi connectivity index (χ1n) is 4.34. The molecule has 1 aromatic heterocycles. The highest BCUT2D eigenvalue weighted by molar-refractivity contribution is 8.00. The Morgan fingerprint density at radius 1 is 1.79 bits per heavy atom. The molecule has 0 saturated carbocycles. The van der Waals surface area contributed by atoms with Crippen molar-refractivity contribution in [1.29, 1.82) is 0 Å². The van der Waals surface area contributed by atoms with Gasteiger partial charge in [0.1, 0.15) is 5.78 Å². The Morgan fingerprint density at radius 2 is 2.43 bits per heavy atom. The summed E-state index contributed by atoms with van der Waals surface area (Å²) < 4.78 is 1.80. The molecule has 0 aromatic carbocycles. The lowest BCUT2D eigenvalue weighted by atomic mass is 10.3. The average Bonchev–Trinajstić information content (AvgIpc) is 2.47. The molecule has 1 heterocycles. The van der Waals surface area contributed by atoms with Crippen molar-refractivity contribution in [3.8, 4) is 0 Å². The van der Waals surface area contributed by atoms with Crippen LogP contribution in [0.2, 0.25) is 0 Å². The van der Waals surface area contributed by atoms with Gasteiger partial charge in [-0.25, -0.2) is 4.98 Å². The molecule has 78 valence electrons. The first-order chi connectivity index (χ1) is 6.56. The fraction of sp³-hybridized carbons (Fsp3) is 0.556. The van der Waals surface area contributed by atoms with Gasteiger partial charge in [-0.2, -0.15) is 0 Å². The van der Waals surface area contributed by atoms with Gasteiger partial charge in [0, 0.05) is 7.05 Å². The Kier molecular flexibility index (Phi) is 3.71. The van der Waals surface area contributed by atoms with Crippen LogP contribution in [0.4, 0.5) is 0 Å². The Bertz CT molecular complexity index is 336. The summed E-state index contributed by atoms with van der Waals surface area (Å²) in [6.45, 7) is 3.38. The van der Waals surface area contributed by atoms with E-state index in [9.17, 15) is 4.79 Å². The van der Waals surface area contributed by atoms with Gasteiger partial charge in [0.05, 0.1) is 23.7 Å². The number of rotatable bonds is 4. The summed E-state index contributed by atoms with van der Waals surface area (Å²) >= 11 is 1.41. The second-order valence-corrected chi connectivity index (χ2v) is 4.43. The number of carbonyl (C=O) groups is 1. The van der Waals surface area contributed by atoms with E-state index < -0.39 is 0 Å². The molecule has 0 fully saturated rings. The minimum Gasteiger partial charge on any atom is -0.390 e. The summed E-state index contributed by atoms with van der Waals surface area (Å²) in [6.07, 6.45) is 1.62. The number of hydrogen-bond donors (Lipinski definition) is 1. The second-order valence-electron chi connectivity index (χ2n) is 3.12. The van der Waals surface area contributed by atoms with Crippen LogP contribution in [0, 0.1) is 0 Å². The fourth-order valence-corrected chi connectivity index (χ4v) is 1.79. The van der Waals surface area contributed by atoms with Crippen molar-refractivity contribution in [3.05, 3.63) is 11.9 Å². The van der Waals surface area contributed by atoms with Crippen molar-refractivity contribution in [2.24, 2.45) is 7.05 Å². The van der Waals surface area contributed by atoms with Crippen molar-refractivity contribution in [3.63, 3.8) is 0 Å². The van der Waals surface area contributed by atoms with Crippen LogP contribution in [-0.4, -0.2) is 25.7 Å². The number of aromatic nitrogens is 2. The molecule has 5 heteroatoms. The van der Waals surface area contributed by atoms with Crippen molar-refractivity contribution in [2.75, 3.05) is 0 Å². The van der Waals surface area contributed by atoms with Crippen LogP contribution in [0.15, 0.2) is 11.4 Å². The molecule has 1 rings (SSSR count). The highest BCUT2D eigenvalue weighted by Crippen LogP contribution is 2.22. The van der Waals surface area contributed by atoms with Crippen LogP contribution >= 0.6 is 11.8 Å². The molecular weight excluding hydrogens is 200 g/mol. The van der Waals surface area contributed by atoms with Crippen LogP contribution in [0.25, 0.3) is 0 Å². The predicted octanol–water partition coefficient (Wildman–Crippen LogP) is 0.982. The summed E-state index contributed by atoms with van der Waals surface area (Å²) in [6, 6.07) is 0. The molecule has 1 N–H and O–H groups in total. The maximum absolute atomic E-state index is 11.0. The first-order valence-corrected chi connectivity index (χ1v) is 5.22. The van der Waals surface area contributed by atoms with Crippen LogP contribution in [0.3, 0.4) is 0 Å². The first kappa shape index (κ1) is 11.3. The lowest BCUT2D eigenvalue weighted by Gasteiger charge is -2.07. The van der Waals surface area contributed by atoms with Gasteiger partial charge in [0.2, 0.25) is 0 Å². The SMILES string of the molecule is CC(=O)C(C)Sc1ncc(CO)n1C. The molecule has 1 unspecified atom stereocenters. The van der Waals surface area contributed by atoms with E-state index in [4.69, 9.17) is 5.11 Å². The van der Waals surface area contributed by atoms with E-state index in [0.717, 1.165) is 10.9 Å². The lowest BCUT2D eigenvalue weighted by molar-refractivity contribution is -0.116. The molecule has 0 radical (unpaired) electrons. The van der Waals surface area contributed by atoms with Gasteiger partial charge in [-0.3, -0.25) is 4.79 Å². The number of imidazole rings is 1. The van der Waals surface area contributed by atoms with E-state index in [1.807, 2.05) is 14.0 Å². The number of aliphatic hydroxyl groups excluding tert-OH is 1. The number of nitrogens with zero attached hydrogens (tertiary/aromatic N) is 2. The second kappa shape index (κ2) is 4.61. The van der Waals surface area contributed by atoms with E-state index in [2.05, 4.69) is 4.98 Å². The van der Waals surface area contributed by atoms with Gasteiger partial charge in [0.15, 0.2) is 5.16 Å². The summed E-state index contributed by atoms with van der Waals surface area (Å²) in [5.74, 6) is 0.128. The third kappa shape index (κ3) is 2.36. The molecule has 0 aliphatic heterocycles. The van der Waals surface area contributed by atoms with Crippen molar-refractivity contribution < 1.29 is 9.90 Å². The molecular formula is C9H14N2O2S. The monoisotopic (exact) mass is 214 g/mol. The summed E-state index contributed by atoms with van der Waals surface area (Å²) in [5.41, 5.74) is 0.753. The van der Waals surface area contributed by atoms with Gasteiger partial charge in [-0.1, -0.05) is 11.8 Å². The van der Waals surface area contributed by atoms with E-state index in [1.165, 1.54) is 11.8 Å². The zero-order valence-electron chi connectivity index (χ0n) is 8.52. The van der Waals surface area contributed by atoms with Crippen molar-refractivity contribution >= 4 is 17.5 Å². The highest BCUT2D eigenvalue weighted by atomic mass is 32.2. The zero-order valence-corrected chi connectivity index (χ0v) is 9.34. The zero-order chi connectivity index (χ0) is 10.7. The molecule has 0 bridgehead atoms. The van der Waals surface area contributed by atoms with Crippen molar-refractivity contribution in [2.45, 2.75) is 30.9 Å². The number of Topliss-reactive ketones (excluding diaryl/α,β-unsaturated/α-hetero) is 1.